The normalized spacial score (nSPS) is 14.0. The number of cyclic esters (lactones) is 1. The van der Waals surface area contributed by atoms with Gasteiger partial charge in [0.25, 0.3) is 0 Å². The van der Waals surface area contributed by atoms with E-state index in [1.807, 2.05) is 66.7 Å². The number of ether oxygens (including phenoxy) is 2. The van der Waals surface area contributed by atoms with Gasteiger partial charge in [0, 0.05) is 5.56 Å². The van der Waals surface area contributed by atoms with Crippen molar-refractivity contribution >= 4 is 63.1 Å². The average molecular weight is 701 g/mol. The maximum atomic E-state index is 13.1. The first-order valence-corrected chi connectivity index (χ1v) is 13.2. The van der Waals surface area contributed by atoms with Crippen molar-refractivity contribution in [3.8, 4) is 16.9 Å². The van der Waals surface area contributed by atoms with E-state index >= 15 is 0 Å². The Kier molecular flexibility index (Phi) is 7.47. The zero-order chi connectivity index (χ0) is 25.1. The molecule has 178 valence electrons. The van der Waals surface area contributed by atoms with Gasteiger partial charge in [-0.3, -0.25) is 0 Å². The summed E-state index contributed by atoms with van der Waals surface area (Å²) in [6.07, 6.45) is 1.71. The number of halogens is 3. The molecule has 0 unspecified atom stereocenters. The molecule has 7 heteroatoms. The van der Waals surface area contributed by atoms with Crippen LogP contribution in [0.2, 0.25) is 0 Å². The molecule has 0 fully saturated rings. The van der Waals surface area contributed by atoms with E-state index in [9.17, 15) is 9.18 Å². The average Bonchev–Trinajstić information content (AvgIpc) is 3.25. The Labute approximate surface area is 235 Å². The zero-order valence-corrected chi connectivity index (χ0v) is 23.1. The third kappa shape index (κ3) is 5.67. The molecule has 0 aliphatic carbocycles. The van der Waals surface area contributed by atoms with E-state index in [-0.39, 0.29) is 17.4 Å². The molecule has 0 bridgehead atoms. The lowest BCUT2D eigenvalue weighted by Gasteiger charge is -2.11. The number of esters is 1. The SMILES string of the molecule is O=C1OC(c2ccc(-c3ccccc3)cc2)=N/C1=C\c1cc(I)c(OCc2ccc(F)cc2)c(I)c1. The molecule has 0 aromatic heterocycles. The van der Waals surface area contributed by atoms with Crippen LogP contribution in [-0.4, -0.2) is 11.9 Å². The first-order chi connectivity index (χ1) is 17.5. The first-order valence-electron chi connectivity index (χ1n) is 11.0. The van der Waals surface area contributed by atoms with Crippen molar-refractivity contribution in [2.45, 2.75) is 6.61 Å². The molecule has 5 rings (SSSR count). The van der Waals surface area contributed by atoms with Crippen molar-refractivity contribution in [1.29, 1.82) is 0 Å². The van der Waals surface area contributed by atoms with E-state index in [0.717, 1.165) is 40.7 Å². The number of aliphatic imine (C=N–C) groups is 1. The minimum Gasteiger partial charge on any atom is -0.487 e. The number of carbonyl (C=O) groups excluding carboxylic acids is 1. The summed E-state index contributed by atoms with van der Waals surface area (Å²) in [4.78, 5) is 17.0. The molecule has 0 spiro atoms. The van der Waals surface area contributed by atoms with Crippen molar-refractivity contribution in [3.05, 3.63) is 126 Å². The van der Waals surface area contributed by atoms with E-state index in [4.69, 9.17) is 9.47 Å². The highest BCUT2D eigenvalue weighted by atomic mass is 127. The number of hydrogen-bond donors (Lipinski definition) is 0. The highest BCUT2D eigenvalue weighted by Crippen LogP contribution is 2.31. The van der Waals surface area contributed by atoms with Gasteiger partial charge >= 0.3 is 5.97 Å². The summed E-state index contributed by atoms with van der Waals surface area (Å²) in [6.45, 7) is 0.329. The standard InChI is InChI=1S/C29H18FI2NO3/c30-23-12-6-18(7-13-23)17-35-27-24(31)14-19(15-25(27)32)16-26-29(34)36-28(33-26)22-10-8-21(9-11-22)20-4-2-1-3-5-20/h1-16H,17H2/b26-16-. The van der Waals surface area contributed by atoms with Crippen LogP contribution in [0.4, 0.5) is 4.39 Å². The van der Waals surface area contributed by atoms with Crippen LogP contribution in [0.15, 0.2) is 102 Å². The zero-order valence-electron chi connectivity index (χ0n) is 18.8. The third-order valence-electron chi connectivity index (χ3n) is 5.48. The Balaban J connectivity index is 1.33. The quantitative estimate of drug-likeness (QED) is 0.118. The van der Waals surface area contributed by atoms with Crippen LogP contribution >= 0.6 is 45.2 Å². The molecule has 0 radical (unpaired) electrons. The van der Waals surface area contributed by atoms with Gasteiger partial charge in [0.05, 0.1) is 7.14 Å². The second-order valence-corrected chi connectivity index (χ2v) is 10.3. The van der Waals surface area contributed by atoms with Gasteiger partial charge in [-0.2, -0.15) is 0 Å². The Morgan fingerprint density at radius 3 is 2.11 bits per heavy atom. The fraction of sp³-hybridized carbons (Fsp3) is 0.0345. The van der Waals surface area contributed by atoms with Crippen LogP contribution in [0.5, 0.6) is 5.75 Å². The van der Waals surface area contributed by atoms with E-state index in [2.05, 4.69) is 50.2 Å². The molecule has 1 aliphatic heterocycles. The largest absolute Gasteiger partial charge is 0.487 e. The number of nitrogens with zero attached hydrogens (tertiary/aromatic N) is 1. The summed E-state index contributed by atoms with van der Waals surface area (Å²) in [5.41, 5.74) is 4.86. The summed E-state index contributed by atoms with van der Waals surface area (Å²) in [5.74, 6) is 0.258. The Hall–Kier alpha value is -3.05. The van der Waals surface area contributed by atoms with Crippen molar-refractivity contribution in [3.63, 3.8) is 0 Å². The van der Waals surface area contributed by atoms with Gasteiger partial charge in [-0.25, -0.2) is 14.2 Å². The summed E-state index contributed by atoms with van der Waals surface area (Å²) in [7, 11) is 0. The fourth-order valence-electron chi connectivity index (χ4n) is 3.66. The van der Waals surface area contributed by atoms with E-state index < -0.39 is 5.97 Å². The summed E-state index contributed by atoms with van der Waals surface area (Å²) < 4.78 is 26.3. The minimum absolute atomic E-state index is 0.240. The van der Waals surface area contributed by atoms with E-state index in [1.54, 1.807) is 18.2 Å². The topological polar surface area (TPSA) is 47.9 Å². The molecule has 4 nitrogen and oxygen atoms in total. The van der Waals surface area contributed by atoms with Gasteiger partial charge in [0.1, 0.15) is 18.2 Å². The third-order valence-corrected chi connectivity index (χ3v) is 7.08. The second-order valence-electron chi connectivity index (χ2n) is 8.01. The molecular weight excluding hydrogens is 683 g/mol. The molecular formula is C29H18FI2NO3. The monoisotopic (exact) mass is 701 g/mol. The molecule has 0 atom stereocenters. The lowest BCUT2D eigenvalue weighted by atomic mass is 10.0. The molecule has 1 aliphatic rings. The number of carbonyl (C=O) groups is 1. The van der Waals surface area contributed by atoms with Gasteiger partial charge in [0.15, 0.2) is 5.70 Å². The lowest BCUT2D eigenvalue weighted by molar-refractivity contribution is -0.129. The Morgan fingerprint density at radius 1 is 0.833 bits per heavy atom. The van der Waals surface area contributed by atoms with Gasteiger partial charge in [-0.1, -0.05) is 54.6 Å². The van der Waals surface area contributed by atoms with Crippen LogP contribution in [-0.2, 0) is 16.1 Å². The van der Waals surface area contributed by atoms with Gasteiger partial charge < -0.3 is 9.47 Å². The predicted octanol–water partition coefficient (Wildman–Crippen LogP) is 7.63. The molecule has 0 N–H and O–H groups in total. The molecule has 0 amide bonds. The highest BCUT2D eigenvalue weighted by Gasteiger charge is 2.24. The van der Waals surface area contributed by atoms with Crippen LogP contribution in [0.3, 0.4) is 0 Å². The fourth-order valence-corrected chi connectivity index (χ4v) is 5.79. The minimum atomic E-state index is -0.487. The van der Waals surface area contributed by atoms with Crippen LogP contribution in [0, 0.1) is 13.0 Å². The van der Waals surface area contributed by atoms with Crippen molar-refractivity contribution in [2.24, 2.45) is 4.99 Å². The molecule has 0 saturated heterocycles. The van der Waals surface area contributed by atoms with Gasteiger partial charge in [-0.05, 0) is 110 Å². The molecule has 0 saturated carbocycles. The maximum Gasteiger partial charge on any atom is 0.363 e. The smallest absolute Gasteiger partial charge is 0.363 e. The van der Waals surface area contributed by atoms with E-state index in [0.29, 0.717) is 6.61 Å². The molecule has 4 aromatic rings. The number of hydrogen-bond acceptors (Lipinski definition) is 4. The maximum absolute atomic E-state index is 13.1. The van der Waals surface area contributed by atoms with Gasteiger partial charge in [-0.15, -0.1) is 0 Å². The lowest BCUT2D eigenvalue weighted by Crippen LogP contribution is -2.05. The summed E-state index contributed by atoms with van der Waals surface area (Å²) in [5, 5.41) is 0. The molecule has 36 heavy (non-hydrogen) atoms. The predicted molar refractivity (Wildman–Crippen MR) is 155 cm³/mol. The Bertz CT molecular complexity index is 1460. The van der Waals surface area contributed by atoms with Crippen molar-refractivity contribution < 1.29 is 18.7 Å². The number of benzene rings is 4. The molecule has 4 aromatic carbocycles. The Morgan fingerprint density at radius 2 is 1.44 bits per heavy atom. The van der Waals surface area contributed by atoms with E-state index in [1.165, 1.54) is 12.1 Å². The van der Waals surface area contributed by atoms with Crippen LogP contribution in [0.25, 0.3) is 17.2 Å². The second kappa shape index (κ2) is 10.9. The molecule has 1 heterocycles. The number of rotatable bonds is 6. The highest BCUT2D eigenvalue weighted by molar-refractivity contribution is 14.1. The van der Waals surface area contributed by atoms with Crippen LogP contribution < -0.4 is 4.74 Å². The first kappa shape index (κ1) is 24.6. The van der Waals surface area contributed by atoms with Crippen molar-refractivity contribution in [2.75, 3.05) is 0 Å². The summed E-state index contributed by atoms with van der Waals surface area (Å²) >= 11 is 4.40. The van der Waals surface area contributed by atoms with Gasteiger partial charge in [0.2, 0.25) is 5.90 Å². The van der Waals surface area contributed by atoms with Crippen LogP contribution in [0.1, 0.15) is 16.7 Å². The summed E-state index contributed by atoms with van der Waals surface area (Å²) in [6, 6.07) is 27.9. The van der Waals surface area contributed by atoms with Crippen molar-refractivity contribution in [1.82, 2.24) is 0 Å².